The molecule has 6 aromatic rings. The van der Waals surface area contributed by atoms with Gasteiger partial charge in [0.2, 0.25) is 20.0 Å². The predicted octanol–water partition coefficient (Wildman–Crippen LogP) is 8.86. The van der Waals surface area contributed by atoms with Gasteiger partial charge in [-0.1, -0.05) is 87.4 Å². The van der Waals surface area contributed by atoms with Crippen LogP contribution in [0.2, 0.25) is 0 Å². The molecule has 6 rings (SSSR count). The normalized spacial score (nSPS) is 12.5. The molecule has 0 aliphatic heterocycles. The fourth-order valence-corrected chi connectivity index (χ4v) is 7.74. The summed E-state index contributed by atoms with van der Waals surface area (Å²) in [6.07, 6.45) is 3.15. The van der Waals surface area contributed by atoms with Crippen LogP contribution in [0, 0.1) is 0 Å². The molecular weight excluding hydrogens is 697 g/mol. The summed E-state index contributed by atoms with van der Waals surface area (Å²) in [7, 11) is -8.11. The Labute approximate surface area is 302 Å². The molecule has 0 heterocycles. The number of fused-ring (bicyclic) bond motifs is 2. The van der Waals surface area contributed by atoms with E-state index in [-0.39, 0.29) is 21.2 Å². The van der Waals surface area contributed by atoms with E-state index in [1.54, 1.807) is 48.5 Å². The minimum absolute atomic E-state index is 0.0739. The van der Waals surface area contributed by atoms with Crippen molar-refractivity contribution in [1.82, 2.24) is 0 Å². The van der Waals surface area contributed by atoms with Crippen molar-refractivity contribution in [2.45, 2.75) is 49.3 Å². The first-order chi connectivity index (χ1) is 24.8. The molecule has 8 N–H and O–H groups in total. The lowest BCUT2D eigenvalue weighted by atomic mass is 9.96. The molecule has 0 atom stereocenters. The number of hydrogen-bond donors (Lipinski definition) is 4. The Morgan fingerprint density at radius 1 is 0.481 bits per heavy atom. The van der Waals surface area contributed by atoms with Gasteiger partial charge in [0.1, 0.15) is 11.4 Å². The van der Waals surface area contributed by atoms with E-state index in [2.05, 4.69) is 46.4 Å². The number of nitrogens with zero attached hydrogens (tertiary/aromatic N) is 4. The summed E-state index contributed by atoms with van der Waals surface area (Å²) >= 11 is 0. The van der Waals surface area contributed by atoms with Gasteiger partial charge in [0, 0.05) is 21.5 Å². The van der Waals surface area contributed by atoms with Gasteiger partial charge in [-0.15, -0.1) is 10.2 Å². The number of nitrogens with two attached hydrogens (primary N) is 4. The molecule has 0 fully saturated rings. The smallest absolute Gasteiger partial charge is 0.238 e. The highest BCUT2D eigenvalue weighted by Crippen LogP contribution is 2.39. The number of nitrogen functional groups attached to an aromatic ring is 2. The first kappa shape index (κ1) is 36.3. The third-order valence-electron chi connectivity index (χ3n) is 8.73. The van der Waals surface area contributed by atoms with E-state index in [9.17, 15) is 16.8 Å². The Bertz CT molecular complexity index is 2460. The molecule has 266 valence electrons. The maximum absolute atomic E-state index is 12.4. The maximum Gasteiger partial charge on any atom is 0.238 e. The van der Waals surface area contributed by atoms with Crippen LogP contribution in [0.3, 0.4) is 0 Å². The molecule has 0 aliphatic rings. The van der Waals surface area contributed by atoms with Crippen molar-refractivity contribution in [2.75, 3.05) is 11.5 Å². The molecule has 0 bridgehead atoms. The summed E-state index contributed by atoms with van der Waals surface area (Å²) in [4.78, 5) is -0.148. The molecule has 0 saturated heterocycles. The molecule has 0 amide bonds. The monoisotopic (exact) mass is 734 g/mol. The molecule has 52 heavy (non-hydrogen) atoms. The summed E-state index contributed by atoms with van der Waals surface area (Å²) in [6, 6.07) is 28.2. The Morgan fingerprint density at radius 2 is 0.827 bits per heavy atom. The zero-order valence-corrected chi connectivity index (χ0v) is 30.2. The minimum atomic E-state index is -4.05. The van der Waals surface area contributed by atoms with E-state index in [0.29, 0.717) is 44.3 Å². The Morgan fingerprint density at radius 3 is 1.17 bits per heavy atom. The van der Waals surface area contributed by atoms with Crippen molar-refractivity contribution in [3.05, 3.63) is 108 Å². The van der Waals surface area contributed by atoms with Gasteiger partial charge in [0.05, 0.1) is 32.5 Å². The molecule has 0 spiro atoms. The average Bonchev–Trinajstić information content (AvgIpc) is 3.11. The minimum Gasteiger partial charge on any atom is -0.396 e. The first-order valence-electron chi connectivity index (χ1n) is 16.6. The van der Waals surface area contributed by atoms with Crippen molar-refractivity contribution >= 4 is 75.7 Å². The van der Waals surface area contributed by atoms with Gasteiger partial charge >= 0.3 is 0 Å². The number of rotatable bonds is 11. The molecule has 0 aliphatic carbocycles. The highest BCUT2D eigenvalue weighted by atomic mass is 32.2. The Balaban J connectivity index is 1.35. The van der Waals surface area contributed by atoms with Crippen molar-refractivity contribution in [3.8, 4) is 11.1 Å². The van der Waals surface area contributed by atoms with Crippen molar-refractivity contribution in [1.29, 1.82) is 0 Å². The van der Waals surface area contributed by atoms with Crippen LogP contribution in [0.1, 0.15) is 37.8 Å². The lowest BCUT2D eigenvalue weighted by Gasteiger charge is -2.12. The summed E-state index contributed by atoms with van der Waals surface area (Å²) in [6.45, 7) is 4.14. The van der Waals surface area contributed by atoms with Crippen molar-refractivity contribution < 1.29 is 16.8 Å². The predicted molar refractivity (Wildman–Crippen MR) is 208 cm³/mol. The molecule has 14 heteroatoms. The second kappa shape index (κ2) is 14.6. The van der Waals surface area contributed by atoms with Crippen LogP contribution in [0.15, 0.2) is 127 Å². The van der Waals surface area contributed by atoms with Gasteiger partial charge in [-0.05, 0) is 71.5 Å². The molecule has 6 aromatic carbocycles. The van der Waals surface area contributed by atoms with E-state index in [1.165, 1.54) is 12.1 Å². The van der Waals surface area contributed by atoms with E-state index in [0.717, 1.165) is 47.9 Å². The summed E-state index contributed by atoms with van der Waals surface area (Å²) in [5, 5.41) is 30.7. The van der Waals surface area contributed by atoms with Crippen LogP contribution < -0.4 is 21.7 Å². The van der Waals surface area contributed by atoms with Gasteiger partial charge in [0.25, 0.3) is 0 Å². The van der Waals surface area contributed by atoms with Crippen molar-refractivity contribution in [3.63, 3.8) is 0 Å². The van der Waals surface area contributed by atoms with Crippen LogP contribution in [-0.2, 0) is 32.9 Å². The fourth-order valence-electron chi connectivity index (χ4n) is 6.22. The summed E-state index contributed by atoms with van der Waals surface area (Å²) < 4.78 is 49.6. The number of aryl methyl sites for hydroxylation is 2. The number of hydrogen-bond acceptors (Lipinski definition) is 10. The largest absolute Gasteiger partial charge is 0.396 e. The fraction of sp³-hybridized carbons (Fsp3) is 0.158. The SMILES string of the molecule is CCCc1cc(-c2ccc(N=Nc3cc(S(N)(=O)=O)c4ccccc4c3N)c(CCC)c2)ccc1N=Nc1cc(S(N)(=O)=O)c2ccccc2c1N. The molecule has 0 saturated carbocycles. The van der Waals surface area contributed by atoms with Crippen molar-refractivity contribution in [2.24, 2.45) is 30.7 Å². The van der Waals surface area contributed by atoms with E-state index in [4.69, 9.17) is 21.7 Å². The topological polar surface area (TPSA) is 222 Å². The van der Waals surface area contributed by atoms with E-state index < -0.39 is 20.0 Å². The number of benzene rings is 6. The summed E-state index contributed by atoms with van der Waals surface area (Å²) in [5.74, 6) is 0. The van der Waals surface area contributed by atoms with Gasteiger partial charge in [-0.25, -0.2) is 27.1 Å². The number of anilines is 2. The standard InChI is InChI=1S/C38H38N8O4S2/c1-3-9-25-19-23(15-17-31(25)43-45-33-21-35(51(41,47)48)27-11-5-7-13-29(27)37(33)39)24-16-18-32(26(20-24)10-4-2)44-46-34-22-36(52(42,49)50)28-12-6-8-14-30(28)38(34)40/h5-8,11-22H,3-4,9-10,39-40H2,1-2H3,(H2,41,47,48)(H2,42,49,50). The Hall–Kier alpha value is -5.54. The van der Waals surface area contributed by atoms with Crippen LogP contribution in [-0.4, -0.2) is 16.8 Å². The third-order valence-corrected chi connectivity index (χ3v) is 10.6. The molecule has 0 aromatic heterocycles. The van der Waals surface area contributed by atoms with Crippen LogP contribution in [0.25, 0.3) is 32.7 Å². The van der Waals surface area contributed by atoms with Gasteiger partial charge in [-0.3, -0.25) is 0 Å². The highest BCUT2D eigenvalue weighted by Gasteiger charge is 2.19. The van der Waals surface area contributed by atoms with Crippen LogP contribution in [0.5, 0.6) is 0 Å². The highest BCUT2D eigenvalue weighted by molar-refractivity contribution is 7.89. The quantitative estimate of drug-likeness (QED) is 0.0751. The van der Waals surface area contributed by atoms with E-state index in [1.807, 2.05) is 24.3 Å². The maximum atomic E-state index is 12.4. The van der Waals surface area contributed by atoms with Gasteiger partial charge < -0.3 is 11.5 Å². The first-order valence-corrected chi connectivity index (χ1v) is 19.7. The Kier molecular flexibility index (Phi) is 10.2. The van der Waals surface area contributed by atoms with Gasteiger partial charge in [-0.2, -0.15) is 10.2 Å². The molecule has 12 nitrogen and oxygen atoms in total. The second-order valence-electron chi connectivity index (χ2n) is 12.4. The molecular formula is C38H38N8O4S2. The van der Waals surface area contributed by atoms with Crippen LogP contribution >= 0.6 is 0 Å². The lowest BCUT2D eigenvalue weighted by molar-refractivity contribution is 0.597. The zero-order valence-electron chi connectivity index (χ0n) is 28.6. The lowest BCUT2D eigenvalue weighted by Crippen LogP contribution is -2.13. The summed E-state index contributed by atoms with van der Waals surface area (Å²) in [5.41, 5.74) is 18.9. The van der Waals surface area contributed by atoms with Gasteiger partial charge in [0.15, 0.2) is 0 Å². The number of azo groups is 2. The average molecular weight is 735 g/mol. The molecule has 0 radical (unpaired) electrons. The zero-order chi connectivity index (χ0) is 37.2. The number of primary sulfonamides is 2. The second-order valence-corrected chi connectivity index (χ2v) is 15.4. The van der Waals surface area contributed by atoms with Crippen LogP contribution in [0.4, 0.5) is 34.1 Å². The number of sulfonamides is 2. The molecule has 0 unspecified atom stereocenters. The van der Waals surface area contributed by atoms with E-state index >= 15 is 0 Å². The third kappa shape index (κ3) is 7.41.